The van der Waals surface area contributed by atoms with Gasteiger partial charge < -0.3 is 14.5 Å². The molecule has 2 aromatic heterocycles. The minimum Gasteiger partial charge on any atom is -0.481 e. The summed E-state index contributed by atoms with van der Waals surface area (Å²) in [5.41, 5.74) is 6.06. The van der Waals surface area contributed by atoms with Crippen LogP contribution in [-0.2, 0) is 18.3 Å². The summed E-state index contributed by atoms with van der Waals surface area (Å²) < 4.78 is 7.36. The van der Waals surface area contributed by atoms with Crippen molar-refractivity contribution in [3.63, 3.8) is 0 Å². The molecule has 0 aliphatic carbocycles. The summed E-state index contributed by atoms with van der Waals surface area (Å²) in [7, 11) is 1.90. The minimum absolute atomic E-state index is 0.192. The van der Waals surface area contributed by atoms with Crippen LogP contribution in [0.4, 0.5) is 0 Å². The number of carboxylic acids is 1. The van der Waals surface area contributed by atoms with E-state index in [4.69, 9.17) is 4.52 Å². The highest BCUT2D eigenvalue weighted by atomic mass is 16.5. The molecule has 4 aromatic rings. The molecule has 0 radical (unpaired) electrons. The monoisotopic (exact) mass is 471 g/mol. The van der Waals surface area contributed by atoms with Gasteiger partial charge in [-0.2, -0.15) is 10.1 Å². The Kier molecular flexibility index (Phi) is 6.46. The molecule has 0 amide bonds. The van der Waals surface area contributed by atoms with Gasteiger partial charge in [-0.25, -0.2) is 0 Å². The first-order chi connectivity index (χ1) is 17.0. The first kappa shape index (κ1) is 23.0. The summed E-state index contributed by atoms with van der Waals surface area (Å²) in [5.74, 6) is 0.0742. The molecule has 0 unspecified atom stereocenters. The van der Waals surface area contributed by atoms with E-state index in [1.165, 1.54) is 11.1 Å². The first-order valence-electron chi connectivity index (χ1n) is 12.0. The van der Waals surface area contributed by atoms with Crippen LogP contribution in [0.15, 0.2) is 59.1 Å². The zero-order valence-electron chi connectivity index (χ0n) is 20.0. The normalized spacial score (nSPS) is 14.9. The lowest BCUT2D eigenvalue weighted by atomic mass is 9.96. The number of hydrogen-bond donors (Lipinski definition) is 1. The van der Waals surface area contributed by atoms with Crippen LogP contribution in [0.2, 0.25) is 0 Å². The van der Waals surface area contributed by atoms with E-state index in [1.54, 1.807) is 0 Å². The third-order valence-electron chi connectivity index (χ3n) is 6.83. The number of aromatic nitrogens is 4. The number of aliphatic carboxylic acids is 1. The largest absolute Gasteiger partial charge is 0.481 e. The number of hydrogen-bond acceptors (Lipinski definition) is 6. The van der Waals surface area contributed by atoms with Gasteiger partial charge >= 0.3 is 5.97 Å². The van der Waals surface area contributed by atoms with Crippen LogP contribution in [0, 0.1) is 12.8 Å². The van der Waals surface area contributed by atoms with Crippen molar-refractivity contribution >= 4 is 5.97 Å². The fraction of sp³-hybridized carbons (Fsp3) is 0.333. The van der Waals surface area contributed by atoms with Gasteiger partial charge in [-0.3, -0.25) is 9.48 Å². The van der Waals surface area contributed by atoms with Gasteiger partial charge in [-0.1, -0.05) is 47.6 Å². The van der Waals surface area contributed by atoms with E-state index >= 15 is 0 Å². The van der Waals surface area contributed by atoms with E-state index in [0.29, 0.717) is 17.4 Å². The Labute approximate surface area is 204 Å². The second kappa shape index (κ2) is 9.84. The van der Waals surface area contributed by atoms with Crippen LogP contribution in [0.25, 0.3) is 34.2 Å². The van der Waals surface area contributed by atoms with E-state index in [9.17, 15) is 9.90 Å². The molecule has 1 saturated heterocycles. The van der Waals surface area contributed by atoms with Gasteiger partial charge in [-0.05, 0) is 68.1 Å². The van der Waals surface area contributed by atoms with E-state index in [0.717, 1.165) is 55.7 Å². The van der Waals surface area contributed by atoms with Gasteiger partial charge in [0.05, 0.1) is 11.6 Å². The van der Waals surface area contributed by atoms with E-state index in [2.05, 4.69) is 39.2 Å². The predicted octanol–water partition coefficient (Wildman–Crippen LogP) is 4.45. The number of benzene rings is 2. The Morgan fingerprint density at radius 2 is 1.86 bits per heavy atom. The standard InChI is InChI=1S/C27H29N5O3/c1-18-16-22(9-8-19(18)10-13-32-14-11-21(12-15-32)27(33)34)25-28-26(35-30-25)23-17-24(31(2)29-23)20-6-4-3-5-7-20/h3-9,16-17,21H,10-15H2,1-2H3,(H,33,34). The second-order valence-corrected chi connectivity index (χ2v) is 9.17. The van der Waals surface area contributed by atoms with Crippen LogP contribution >= 0.6 is 0 Å². The van der Waals surface area contributed by atoms with E-state index < -0.39 is 5.97 Å². The third-order valence-corrected chi connectivity index (χ3v) is 6.83. The summed E-state index contributed by atoms with van der Waals surface area (Å²) >= 11 is 0. The average Bonchev–Trinajstić information content (AvgIpc) is 3.51. The molecule has 1 N–H and O–H groups in total. The van der Waals surface area contributed by atoms with Crippen molar-refractivity contribution in [1.29, 1.82) is 0 Å². The van der Waals surface area contributed by atoms with Gasteiger partial charge in [-0.15, -0.1) is 0 Å². The molecule has 0 saturated carbocycles. The molecule has 1 aliphatic rings. The van der Waals surface area contributed by atoms with Gasteiger partial charge in [0, 0.05) is 19.2 Å². The van der Waals surface area contributed by atoms with E-state index in [1.807, 2.05) is 54.2 Å². The van der Waals surface area contributed by atoms with Crippen LogP contribution in [-0.4, -0.2) is 55.5 Å². The highest BCUT2D eigenvalue weighted by molar-refractivity contribution is 5.70. The number of aryl methyl sites for hydroxylation is 2. The first-order valence-corrected chi connectivity index (χ1v) is 12.0. The van der Waals surface area contributed by atoms with Gasteiger partial charge in [0.1, 0.15) is 0 Å². The van der Waals surface area contributed by atoms with Crippen molar-refractivity contribution in [2.24, 2.45) is 13.0 Å². The Hall–Kier alpha value is -3.78. The topological polar surface area (TPSA) is 97.3 Å². The Morgan fingerprint density at radius 1 is 1.09 bits per heavy atom. The van der Waals surface area contributed by atoms with Crippen LogP contribution < -0.4 is 0 Å². The van der Waals surface area contributed by atoms with Crippen LogP contribution in [0.3, 0.4) is 0 Å². The maximum absolute atomic E-state index is 11.2. The fourth-order valence-electron chi connectivity index (χ4n) is 4.69. The summed E-state index contributed by atoms with van der Waals surface area (Å²) in [6.07, 6.45) is 2.39. The molecule has 3 heterocycles. The zero-order valence-corrected chi connectivity index (χ0v) is 20.0. The molecule has 2 aromatic carbocycles. The molecule has 5 rings (SSSR count). The van der Waals surface area contributed by atoms with E-state index in [-0.39, 0.29) is 5.92 Å². The van der Waals surface area contributed by atoms with Crippen LogP contribution in [0.5, 0.6) is 0 Å². The quantitative estimate of drug-likeness (QED) is 0.425. The summed E-state index contributed by atoms with van der Waals surface area (Å²) in [4.78, 5) is 18.1. The molecule has 1 aliphatic heterocycles. The molecule has 180 valence electrons. The highest BCUT2D eigenvalue weighted by Crippen LogP contribution is 2.27. The number of carboxylic acid groups (broad SMARTS) is 1. The zero-order chi connectivity index (χ0) is 24.4. The molecule has 8 nitrogen and oxygen atoms in total. The molecule has 0 spiro atoms. The molecule has 0 atom stereocenters. The lowest BCUT2D eigenvalue weighted by Gasteiger charge is -2.30. The maximum atomic E-state index is 11.2. The van der Waals surface area contributed by atoms with Gasteiger partial charge in [0.15, 0.2) is 5.69 Å². The number of carbonyl (C=O) groups is 1. The number of likely N-dealkylation sites (tertiary alicyclic amines) is 1. The number of nitrogens with zero attached hydrogens (tertiary/aromatic N) is 5. The summed E-state index contributed by atoms with van der Waals surface area (Å²) in [6.45, 7) is 4.72. The highest BCUT2D eigenvalue weighted by Gasteiger charge is 2.24. The molecular weight excluding hydrogens is 442 g/mol. The lowest BCUT2D eigenvalue weighted by molar-refractivity contribution is -0.143. The van der Waals surface area contributed by atoms with Gasteiger partial charge in [0.2, 0.25) is 5.82 Å². The van der Waals surface area contributed by atoms with Crippen molar-refractivity contribution in [1.82, 2.24) is 24.8 Å². The van der Waals surface area contributed by atoms with Crippen molar-refractivity contribution in [3.8, 4) is 34.2 Å². The molecular formula is C27H29N5O3. The van der Waals surface area contributed by atoms with Crippen molar-refractivity contribution in [3.05, 3.63) is 65.7 Å². The van der Waals surface area contributed by atoms with Crippen LogP contribution in [0.1, 0.15) is 24.0 Å². The molecule has 1 fully saturated rings. The number of rotatable bonds is 7. The Balaban J connectivity index is 1.25. The second-order valence-electron chi connectivity index (χ2n) is 9.17. The third kappa shape index (κ3) is 5.02. The molecule has 0 bridgehead atoms. The Morgan fingerprint density at radius 3 is 2.57 bits per heavy atom. The molecule has 35 heavy (non-hydrogen) atoms. The predicted molar refractivity (Wildman–Crippen MR) is 133 cm³/mol. The fourth-order valence-corrected chi connectivity index (χ4v) is 4.69. The SMILES string of the molecule is Cc1cc(-c2noc(-c3cc(-c4ccccc4)n(C)n3)n2)ccc1CCN1CCC(C(=O)O)CC1. The summed E-state index contributed by atoms with van der Waals surface area (Å²) in [6, 6.07) is 18.3. The van der Waals surface area contributed by atoms with Crippen molar-refractivity contribution in [2.75, 3.05) is 19.6 Å². The minimum atomic E-state index is -0.666. The maximum Gasteiger partial charge on any atom is 0.306 e. The van der Waals surface area contributed by atoms with Crippen molar-refractivity contribution in [2.45, 2.75) is 26.2 Å². The summed E-state index contributed by atoms with van der Waals surface area (Å²) in [5, 5.41) is 17.9. The smallest absolute Gasteiger partial charge is 0.306 e. The lowest BCUT2D eigenvalue weighted by Crippen LogP contribution is -2.37. The Bertz CT molecular complexity index is 1320. The van der Waals surface area contributed by atoms with Gasteiger partial charge in [0.25, 0.3) is 5.89 Å². The number of piperidine rings is 1. The molecule has 8 heteroatoms. The average molecular weight is 472 g/mol. The van der Waals surface area contributed by atoms with Crippen molar-refractivity contribution < 1.29 is 14.4 Å².